The van der Waals surface area contributed by atoms with Crippen LogP contribution in [0.5, 0.6) is 0 Å². The quantitative estimate of drug-likeness (QED) is 0.767. The van der Waals surface area contributed by atoms with Crippen molar-refractivity contribution in [1.29, 1.82) is 0 Å². The molecule has 0 unspecified atom stereocenters. The van der Waals surface area contributed by atoms with Crippen LogP contribution in [0.2, 0.25) is 0 Å². The maximum Gasteiger partial charge on any atom is 0.223 e. The minimum absolute atomic E-state index is 0.0849. The van der Waals surface area contributed by atoms with E-state index >= 15 is 0 Å². The Labute approximate surface area is 92.0 Å². The molecule has 3 heteroatoms. The molecule has 2 aliphatic rings. The van der Waals surface area contributed by atoms with Crippen LogP contribution in [0.25, 0.3) is 0 Å². The molecule has 15 heavy (non-hydrogen) atoms. The highest BCUT2D eigenvalue weighted by Crippen LogP contribution is 2.37. The second-order valence-electron chi connectivity index (χ2n) is 5.12. The lowest BCUT2D eigenvalue weighted by atomic mass is 9.74. The van der Waals surface area contributed by atoms with Crippen molar-refractivity contribution in [2.24, 2.45) is 11.1 Å². The lowest BCUT2D eigenvalue weighted by Crippen LogP contribution is -2.51. The van der Waals surface area contributed by atoms with Gasteiger partial charge in [-0.25, -0.2) is 0 Å². The van der Waals surface area contributed by atoms with E-state index < -0.39 is 0 Å². The largest absolute Gasteiger partial charge is 0.369 e. The van der Waals surface area contributed by atoms with Gasteiger partial charge in [0.25, 0.3) is 0 Å². The highest BCUT2D eigenvalue weighted by Gasteiger charge is 2.40. The number of piperidine rings is 1. The predicted molar refractivity (Wildman–Crippen MR) is 60.4 cm³/mol. The van der Waals surface area contributed by atoms with E-state index in [9.17, 15) is 4.79 Å². The number of carbonyl (C=O) groups is 1. The van der Waals surface area contributed by atoms with E-state index in [4.69, 9.17) is 5.73 Å². The van der Waals surface area contributed by atoms with Crippen LogP contribution in [0.3, 0.4) is 0 Å². The van der Waals surface area contributed by atoms with E-state index in [1.165, 1.54) is 19.3 Å². The molecule has 1 aliphatic heterocycles. The van der Waals surface area contributed by atoms with Crippen LogP contribution in [0, 0.1) is 5.41 Å². The average molecular weight is 210 g/mol. The number of likely N-dealkylation sites (tertiary alicyclic amines) is 1. The van der Waals surface area contributed by atoms with Crippen LogP contribution >= 0.6 is 0 Å². The zero-order chi connectivity index (χ0) is 10.9. The van der Waals surface area contributed by atoms with Crippen molar-refractivity contribution >= 4 is 5.91 Å². The molecular formula is C12H22N2O. The summed E-state index contributed by atoms with van der Waals surface area (Å²) in [5.74, 6) is -0.0849. The van der Waals surface area contributed by atoms with Crippen molar-refractivity contribution < 1.29 is 4.79 Å². The highest BCUT2D eigenvalue weighted by atomic mass is 16.1. The van der Waals surface area contributed by atoms with Gasteiger partial charge in [0.1, 0.15) is 0 Å². The second-order valence-corrected chi connectivity index (χ2v) is 5.12. The summed E-state index contributed by atoms with van der Waals surface area (Å²) in [4.78, 5) is 14.0. The van der Waals surface area contributed by atoms with Gasteiger partial charge in [0.05, 0.1) is 5.41 Å². The Balaban J connectivity index is 1.91. The molecule has 86 valence electrons. The topological polar surface area (TPSA) is 46.3 Å². The first-order valence-corrected chi connectivity index (χ1v) is 6.22. The number of carbonyl (C=O) groups excluding carboxylic acids is 1. The molecule has 2 N–H and O–H groups in total. The Kier molecular flexibility index (Phi) is 3.01. The van der Waals surface area contributed by atoms with Gasteiger partial charge >= 0.3 is 0 Å². The summed E-state index contributed by atoms with van der Waals surface area (Å²) in [6.45, 7) is 4.23. The molecule has 2 rings (SSSR count). The number of hydrogen-bond acceptors (Lipinski definition) is 2. The third-order valence-electron chi connectivity index (χ3n) is 4.55. The van der Waals surface area contributed by atoms with Crippen LogP contribution in [0.1, 0.15) is 45.4 Å². The fourth-order valence-corrected chi connectivity index (χ4v) is 2.84. The number of hydrogen-bond donors (Lipinski definition) is 1. The molecule has 0 aromatic carbocycles. The predicted octanol–water partition coefficient (Wildman–Crippen LogP) is 1.52. The molecule has 1 aliphatic carbocycles. The Morgan fingerprint density at radius 2 is 2.00 bits per heavy atom. The first-order chi connectivity index (χ1) is 7.18. The van der Waals surface area contributed by atoms with Crippen molar-refractivity contribution in [3.05, 3.63) is 0 Å². The monoisotopic (exact) mass is 210 g/mol. The summed E-state index contributed by atoms with van der Waals surface area (Å²) in [5, 5.41) is 0. The Morgan fingerprint density at radius 3 is 2.33 bits per heavy atom. The van der Waals surface area contributed by atoms with Crippen LogP contribution in [-0.4, -0.2) is 29.9 Å². The van der Waals surface area contributed by atoms with Crippen molar-refractivity contribution in [2.45, 2.75) is 51.5 Å². The maximum atomic E-state index is 11.5. The molecular weight excluding hydrogens is 188 g/mol. The normalized spacial score (nSPS) is 27.3. The number of primary amides is 1. The van der Waals surface area contributed by atoms with Gasteiger partial charge in [0.15, 0.2) is 0 Å². The van der Waals surface area contributed by atoms with Gasteiger partial charge in [-0.05, 0) is 45.2 Å². The van der Waals surface area contributed by atoms with Gasteiger partial charge in [-0.15, -0.1) is 0 Å². The van der Waals surface area contributed by atoms with E-state index in [-0.39, 0.29) is 11.3 Å². The van der Waals surface area contributed by atoms with E-state index in [1.54, 1.807) is 0 Å². The summed E-state index contributed by atoms with van der Waals surface area (Å²) < 4.78 is 0. The summed E-state index contributed by atoms with van der Waals surface area (Å²) >= 11 is 0. The van der Waals surface area contributed by atoms with Crippen molar-refractivity contribution in [2.75, 3.05) is 13.1 Å². The summed E-state index contributed by atoms with van der Waals surface area (Å²) in [6.07, 6.45) is 6.94. The van der Waals surface area contributed by atoms with Gasteiger partial charge in [0.2, 0.25) is 5.91 Å². The molecule has 0 spiro atoms. The standard InChI is InChI=1S/C12H22N2O/c1-2-12(11(13)15)6-8-14(9-7-12)10-4-3-5-10/h10H,2-9H2,1H3,(H2,13,15). The first kappa shape index (κ1) is 10.9. The number of nitrogens with two attached hydrogens (primary N) is 1. The molecule has 2 fully saturated rings. The molecule has 3 nitrogen and oxygen atoms in total. The van der Waals surface area contributed by atoms with Gasteiger partial charge < -0.3 is 10.6 Å². The minimum atomic E-state index is -0.194. The molecule has 1 heterocycles. The molecule has 1 saturated heterocycles. The van der Waals surface area contributed by atoms with Crippen molar-refractivity contribution in [3.63, 3.8) is 0 Å². The fourth-order valence-electron chi connectivity index (χ4n) is 2.84. The zero-order valence-corrected chi connectivity index (χ0v) is 9.67. The van der Waals surface area contributed by atoms with Crippen LogP contribution < -0.4 is 5.73 Å². The molecule has 0 aromatic rings. The van der Waals surface area contributed by atoms with Gasteiger partial charge in [-0.2, -0.15) is 0 Å². The summed E-state index contributed by atoms with van der Waals surface area (Å²) in [5.41, 5.74) is 5.33. The van der Waals surface area contributed by atoms with E-state index in [1.807, 2.05) is 0 Å². The highest BCUT2D eigenvalue weighted by molar-refractivity contribution is 5.80. The molecule has 0 bridgehead atoms. The number of amides is 1. The Hall–Kier alpha value is -0.570. The van der Waals surface area contributed by atoms with E-state index in [2.05, 4.69) is 11.8 Å². The van der Waals surface area contributed by atoms with Gasteiger partial charge in [-0.3, -0.25) is 4.79 Å². The molecule has 1 amide bonds. The fraction of sp³-hybridized carbons (Fsp3) is 0.917. The molecule has 0 aromatic heterocycles. The SMILES string of the molecule is CCC1(C(N)=O)CCN(C2CCC2)CC1. The number of rotatable bonds is 3. The number of nitrogens with zero attached hydrogens (tertiary/aromatic N) is 1. The maximum absolute atomic E-state index is 11.5. The summed E-state index contributed by atoms with van der Waals surface area (Å²) in [7, 11) is 0. The summed E-state index contributed by atoms with van der Waals surface area (Å²) in [6, 6.07) is 0.813. The van der Waals surface area contributed by atoms with Crippen LogP contribution in [0.4, 0.5) is 0 Å². The lowest BCUT2D eigenvalue weighted by Gasteiger charge is -2.45. The molecule has 0 atom stereocenters. The van der Waals surface area contributed by atoms with Gasteiger partial charge in [0, 0.05) is 6.04 Å². The third-order valence-corrected chi connectivity index (χ3v) is 4.55. The third kappa shape index (κ3) is 1.89. The van der Waals surface area contributed by atoms with Gasteiger partial charge in [-0.1, -0.05) is 13.3 Å². The van der Waals surface area contributed by atoms with E-state index in [0.29, 0.717) is 0 Å². The Bertz CT molecular complexity index is 240. The molecule has 1 saturated carbocycles. The zero-order valence-electron chi connectivity index (χ0n) is 9.67. The second kappa shape index (κ2) is 4.12. The van der Waals surface area contributed by atoms with Crippen molar-refractivity contribution in [1.82, 2.24) is 4.90 Å². The van der Waals surface area contributed by atoms with Crippen molar-refractivity contribution in [3.8, 4) is 0 Å². The van der Waals surface area contributed by atoms with E-state index in [0.717, 1.165) is 38.4 Å². The Morgan fingerprint density at radius 1 is 1.40 bits per heavy atom. The smallest absolute Gasteiger partial charge is 0.223 e. The van der Waals surface area contributed by atoms with Crippen LogP contribution in [-0.2, 0) is 4.79 Å². The lowest BCUT2D eigenvalue weighted by molar-refractivity contribution is -0.131. The van der Waals surface area contributed by atoms with Crippen LogP contribution in [0.15, 0.2) is 0 Å². The first-order valence-electron chi connectivity index (χ1n) is 6.22. The average Bonchev–Trinajstić information content (AvgIpc) is 2.16. The molecule has 0 radical (unpaired) electrons. The minimum Gasteiger partial charge on any atom is -0.369 e.